The summed E-state index contributed by atoms with van der Waals surface area (Å²) in [6, 6.07) is 6.18. The number of anilines is 1. The second-order valence-corrected chi connectivity index (χ2v) is 4.68. The average Bonchev–Trinajstić information content (AvgIpc) is 2.40. The van der Waals surface area contributed by atoms with Crippen LogP contribution in [0.15, 0.2) is 18.2 Å². The van der Waals surface area contributed by atoms with Crippen LogP contribution in [0, 0.1) is 0 Å². The van der Waals surface area contributed by atoms with Gasteiger partial charge in [-0.05, 0) is 25.5 Å². The van der Waals surface area contributed by atoms with Gasteiger partial charge in [-0.3, -0.25) is 4.90 Å². The van der Waals surface area contributed by atoms with Gasteiger partial charge in [0.2, 0.25) is 0 Å². The molecule has 1 atom stereocenters. The Morgan fingerprint density at radius 3 is 3.11 bits per heavy atom. The van der Waals surface area contributed by atoms with E-state index in [0.29, 0.717) is 6.10 Å². The highest BCUT2D eigenvalue weighted by Gasteiger charge is 2.19. The van der Waals surface area contributed by atoms with Crippen molar-refractivity contribution in [1.82, 2.24) is 9.88 Å². The molecule has 1 N–H and O–H groups in total. The van der Waals surface area contributed by atoms with Crippen LogP contribution in [-0.2, 0) is 11.3 Å². The fourth-order valence-corrected chi connectivity index (χ4v) is 2.25. The summed E-state index contributed by atoms with van der Waals surface area (Å²) in [5, 5.41) is 3.25. The Morgan fingerprint density at radius 1 is 1.44 bits per heavy atom. The van der Waals surface area contributed by atoms with Gasteiger partial charge in [-0.25, -0.2) is 4.98 Å². The molecule has 1 unspecified atom stereocenters. The Bertz CT molecular complexity index is 370. The van der Waals surface area contributed by atoms with Gasteiger partial charge in [-0.2, -0.15) is 0 Å². The van der Waals surface area contributed by atoms with Crippen molar-refractivity contribution in [2.45, 2.75) is 32.9 Å². The number of nitrogens with zero attached hydrogens (tertiary/aromatic N) is 2. The van der Waals surface area contributed by atoms with E-state index in [1.807, 2.05) is 6.07 Å². The quantitative estimate of drug-likeness (QED) is 0.867. The molecule has 0 aromatic carbocycles. The van der Waals surface area contributed by atoms with Crippen LogP contribution in [0.4, 0.5) is 5.82 Å². The molecule has 0 radical (unpaired) electrons. The van der Waals surface area contributed by atoms with Gasteiger partial charge < -0.3 is 10.1 Å². The minimum Gasteiger partial charge on any atom is -0.376 e. The minimum absolute atomic E-state index is 0.385. The molecule has 1 saturated heterocycles. The fraction of sp³-hybridized carbons (Fsp3) is 0.643. The zero-order chi connectivity index (χ0) is 12.8. The number of rotatable bonds is 5. The molecular weight excluding hydrogens is 226 g/mol. The molecule has 18 heavy (non-hydrogen) atoms. The Hall–Kier alpha value is -1.13. The van der Waals surface area contributed by atoms with Gasteiger partial charge in [-0.15, -0.1) is 0 Å². The monoisotopic (exact) mass is 249 g/mol. The molecular formula is C14H23N3O. The largest absolute Gasteiger partial charge is 0.376 e. The molecule has 0 spiro atoms. The first-order valence-corrected chi connectivity index (χ1v) is 6.85. The third-order valence-electron chi connectivity index (χ3n) is 3.23. The maximum Gasteiger partial charge on any atom is 0.126 e. The zero-order valence-electron chi connectivity index (χ0n) is 11.4. The van der Waals surface area contributed by atoms with Crippen molar-refractivity contribution < 1.29 is 4.74 Å². The lowest BCUT2D eigenvalue weighted by Crippen LogP contribution is -2.41. The SMILES string of the molecule is CCNc1cccc(CN2CCOC(CC)C2)n1. The molecule has 0 saturated carbocycles. The summed E-state index contributed by atoms with van der Waals surface area (Å²) in [6.45, 7) is 8.95. The highest BCUT2D eigenvalue weighted by Crippen LogP contribution is 2.12. The second kappa shape index (κ2) is 6.71. The molecule has 2 rings (SSSR count). The van der Waals surface area contributed by atoms with Crippen molar-refractivity contribution in [3.05, 3.63) is 23.9 Å². The van der Waals surface area contributed by atoms with Gasteiger partial charge in [-0.1, -0.05) is 13.0 Å². The number of pyridine rings is 1. The Kier molecular flexibility index (Phi) is 4.96. The van der Waals surface area contributed by atoms with E-state index in [2.05, 4.69) is 41.2 Å². The van der Waals surface area contributed by atoms with Gasteiger partial charge in [0.25, 0.3) is 0 Å². The van der Waals surface area contributed by atoms with Crippen LogP contribution in [0.5, 0.6) is 0 Å². The van der Waals surface area contributed by atoms with Crippen LogP contribution >= 0.6 is 0 Å². The van der Waals surface area contributed by atoms with Crippen molar-refractivity contribution >= 4 is 5.82 Å². The van der Waals surface area contributed by atoms with E-state index < -0.39 is 0 Å². The molecule has 1 fully saturated rings. The van der Waals surface area contributed by atoms with E-state index in [0.717, 1.165) is 50.7 Å². The Labute approximate surface area is 109 Å². The normalized spacial score (nSPS) is 20.9. The zero-order valence-corrected chi connectivity index (χ0v) is 11.4. The van der Waals surface area contributed by atoms with Crippen LogP contribution in [0.1, 0.15) is 26.0 Å². The van der Waals surface area contributed by atoms with Gasteiger partial charge >= 0.3 is 0 Å². The number of morpholine rings is 1. The summed E-state index contributed by atoms with van der Waals surface area (Å²) in [7, 11) is 0. The lowest BCUT2D eigenvalue weighted by Gasteiger charge is -2.32. The lowest BCUT2D eigenvalue weighted by molar-refractivity contribution is -0.0328. The number of hydrogen-bond donors (Lipinski definition) is 1. The van der Waals surface area contributed by atoms with E-state index in [1.165, 1.54) is 0 Å². The van der Waals surface area contributed by atoms with Crippen molar-refractivity contribution in [3.8, 4) is 0 Å². The van der Waals surface area contributed by atoms with E-state index in [1.54, 1.807) is 0 Å². The first kappa shape index (κ1) is 13.3. The summed E-state index contributed by atoms with van der Waals surface area (Å²) in [5.74, 6) is 0.968. The number of hydrogen-bond acceptors (Lipinski definition) is 4. The van der Waals surface area contributed by atoms with Gasteiger partial charge in [0, 0.05) is 26.2 Å². The molecule has 4 nitrogen and oxygen atoms in total. The van der Waals surface area contributed by atoms with Crippen LogP contribution in [0.2, 0.25) is 0 Å². The third-order valence-corrected chi connectivity index (χ3v) is 3.23. The predicted octanol–water partition coefficient (Wildman–Crippen LogP) is 2.12. The van der Waals surface area contributed by atoms with E-state index in [9.17, 15) is 0 Å². The van der Waals surface area contributed by atoms with Gasteiger partial charge in [0.05, 0.1) is 18.4 Å². The van der Waals surface area contributed by atoms with E-state index in [-0.39, 0.29) is 0 Å². The van der Waals surface area contributed by atoms with Crippen molar-refractivity contribution in [3.63, 3.8) is 0 Å². The summed E-state index contributed by atoms with van der Waals surface area (Å²) >= 11 is 0. The summed E-state index contributed by atoms with van der Waals surface area (Å²) in [4.78, 5) is 7.04. The van der Waals surface area contributed by atoms with E-state index in [4.69, 9.17) is 4.74 Å². The topological polar surface area (TPSA) is 37.4 Å². The molecule has 1 aromatic heterocycles. The molecule has 0 amide bonds. The molecule has 100 valence electrons. The maximum atomic E-state index is 5.68. The van der Waals surface area contributed by atoms with Crippen LogP contribution < -0.4 is 5.32 Å². The average molecular weight is 249 g/mol. The standard InChI is InChI=1S/C14H23N3O/c1-3-13-11-17(8-9-18-13)10-12-6-5-7-14(16-12)15-4-2/h5-7,13H,3-4,8-11H2,1-2H3,(H,15,16). The molecule has 1 aliphatic rings. The fourth-order valence-electron chi connectivity index (χ4n) is 2.25. The molecule has 0 bridgehead atoms. The van der Waals surface area contributed by atoms with Crippen molar-refractivity contribution in [2.24, 2.45) is 0 Å². The summed E-state index contributed by atoms with van der Waals surface area (Å²) < 4.78 is 5.68. The molecule has 0 aliphatic carbocycles. The number of ether oxygens (including phenoxy) is 1. The summed E-state index contributed by atoms with van der Waals surface area (Å²) in [6.07, 6.45) is 1.47. The first-order valence-electron chi connectivity index (χ1n) is 6.85. The Morgan fingerprint density at radius 2 is 2.33 bits per heavy atom. The highest BCUT2D eigenvalue weighted by atomic mass is 16.5. The van der Waals surface area contributed by atoms with Crippen molar-refractivity contribution in [2.75, 3.05) is 31.6 Å². The highest BCUT2D eigenvalue weighted by molar-refractivity contribution is 5.34. The number of nitrogens with one attached hydrogen (secondary N) is 1. The van der Waals surface area contributed by atoms with Crippen LogP contribution in [0.25, 0.3) is 0 Å². The minimum atomic E-state index is 0.385. The Balaban J connectivity index is 1.93. The molecule has 2 heterocycles. The van der Waals surface area contributed by atoms with E-state index >= 15 is 0 Å². The molecule has 4 heteroatoms. The lowest BCUT2D eigenvalue weighted by atomic mass is 10.2. The first-order chi connectivity index (χ1) is 8.81. The van der Waals surface area contributed by atoms with Gasteiger partial charge in [0.15, 0.2) is 0 Å². The molecule has 1 aliphatic heterocycles. The predicted molar refractivity (Wildman–Crippen MR) is 73.7 cm³/mol. The van der Waals surface area contributed by atoms with Crippen LogP contribution in [0.3, 0.4) is 0 Å². The van der Waals surface area contributed by atoms with Crippen molar-refractivity contribution in [1.29, 1.82) is 0 Å². The number of aromatic nitrogens is 1. The second-order valence-electron chi connectivity index (χ2n) is 4.68. The smallest absolute Gasteiger partial charge is 0.126 e. The van der Waals surface area contributed by atoms with Crippen LogP contribution in [-0.4, -0.2) is 42.2 Å². The third kappa shape index (κ3) is 3.68. The maximum absolute atomic E-state index is 5.68. The summed E-state index contributed by atoms with van der Waals surface area (Å²) in [5.41, 5.74) is 1.13. The molecule has 1 aromatic rings. The van der Waals surface area contributed by atoms with Gasteiger partial charge in [0.1, 0.15) is 5.82 Å².